The van der Waals surface area contributed by atoms with E-state index < -0.39 is 5.54 Å². The molecule has 2 saturated carbocycles. The number of fused-ring (bicyclic) bond motifs is 2. The topological polar surface area (TPSA) is 101 Å². The Morgan fingerprint density at radius 1 is 0.968 bits per heavy atom. The number of carbonyl (C=O) groups is 1. The maximum absolute atomic E-state index is 14.1. The summed E-state index contributed by atoms with van der Waals surface area (Å²) in [5.74, 6) is 0.0128. The molecule has 2 fully saturated rings. The smallest absolute Gasteiger partial charge is 0.246 e. The van der Waals surface area contributed by atoms with Gasteiger partial charge in [0.25, 0.3) is 0 Å². The van der Waals surface area contributed by atoms with E-state index >= 15 is 0 Å². The van der Waals surface area contributed by atoms with Gasteiger partial charge in [-0.05, 0) is 51.4 Å². The lowest BCUT2D eigenvalue weighted by atomic mass is 9.59. The van der Waals surface area contributed by atoms with Gasteiger partial charge in [-0.2, -0.15) is 10.5 Å². The number of nitriles is 2. The van der Waals surface area contributed by atoms with Crippen molar-refractivity contribution in [2.45, 2.75) is 115 Å². The van der Waals surface area contributed by atoms with Crippen LogP contribution in [-0.2, 0) is 4.79 Å². The van der Waals surface area contributed by atoms with E-state index in [2.05, 4.69) is 62.7 Å². The Morgan fingerprint density at radius 3 is 2.13 bits per heavy atom. The summed E-state index contributed by atoms with van der Waals surface area (Å²) in [6, 6.07) is 4.40. The first-order valence-corrected chi connectivity index (χ1v) is 11.9. The van der Waals surface area contributed by atoms with E-state index in [1.807, 2.05) is 0 Å². The highest BCUT2D eigenvalue weighted by Gasteiger charge is 2.58. The zero-order valence-corrected chi connectivity index (χ0v) is 20.0. The average Bonchev–Trinajstić information content (AvgIpc) is 2.80. The molecule has 0 aromatic rings. The molecule has 3 aliphatic rings. The quantitative estimate of drug-likeness (QED) is 0.622. The summed E-state index contributed by atoms with van der Waals surface area (Å²) in [5.41, 5.74) is -0.986. The third-order valence-corrected chi connectivity index (χ3v) is 7.35. The molecule has 0 saturated heterocycles. The van der Waals surface area contributed by atoms with E-state index in [0.29, 0.717) is 12.1 Å². The van der Waals surface area contributed by atoms with Crippen LogP contribution in [0.25, 0.3) is 0 Å². The lowest BCUT2D eigenvalue weighted by Crippen LogP contribution is -2.70. The first-order valence-electron chi connectivity index (χ1n) is 11.9. The molecule has 2 unspecified atom stereocenters. The molecule has 1 aliphatic heterocycles. The summed E-state index contributed by atoms with van der Waals surface area (Å²) < 4.78 is 0. The Bertz CT molecular complexity index is 816. The zero-order chi connectivity index (χ0) is 22.9. The van der Waals surface area contributed by atoms with Gasteiger partial charge in [-0.1, -0.05) is 52.9 Å². The Labute approximate surface area is 187 Å². The Balaban J connectivity index is 2.07. The van der Waals surface area contributed by atoms with Crippen LogP contribution in [0.2, 0.25) is 0 Å². The largest absolute Gasteiger partial charge is 0.368 e. The third-order valence-electron chi connectivity index (χ3n) is 7.35. The molecule has 0 radical (unpaired) electrons. The number of allylic oxidation sites excluding steroid dienone is 2. The van der Waals surface area contributed by atoms with Gasteiger partial charge in [-0.25, -0.2) is 0 Å². The van der Waals surface area contributed by atoms with E-state index in [4.69, 9.17) is 0 Å². The molecule has 1 spiro atoms. The van der Waals surface area contributed by atoms with Gasteiger partial charge < -0.3 is 16.0 Å². The minimum atomic E-state index is -0.874. The fourth-order valence-corrected chi connectivity index (χ4v) is 6.70. The zero-order valence-electron chi connectivity index (χ0n) is 20.0. The van der Waals surface area contributed by atoms with E-state index in [-0.39, 0.29) is 34.0 Å². The van der Waals surface area contributed by atoms with E-state index in [1.54, 1.807) is 0 Å². The maximum atomic E-state index is 14.1. The van der Waals surface area contributed by atoms with Crippen molar-refractivity contribution in [1.29, 1.82) is 10.5 Å². The van der Waals surface area contributed by atoms with Crippen molar-refractivity contribution in [1.82, 2.24) is 16.0 Å². The number of nitrogens with one attached hydrogen (secondary N) is 3. The Morgan fingerprint density at radius 2 is 1.55 bits per heavy atom. The highest BCUT2D eigenvalue weighted by molar-refractivity contribution is 5.88. The lowest BCUT2D eigenvalue weighted by molar-refractivity contribution is -0.135. The van der Waals surface area contributed by atoms with Crippen molar-refractivity contribution in [2.75, 3.05) is 0 Å². The average molecular weight is 426 g/mol. The SMILES string of the molecule is CC(C)(C)CC(C)(C)NC(=O)C12CCCCC1C1(CCCCC1)NC(C#N)=C(C#N)N2. The van der Waals surface area contributed by atoms with Gasteiger partial charge in [-0.3, -0.25) is 4.79 Å². The Hall–Kier alpha value is -2.21. The number of nitrogens with zero attached hydrogens (tertiary/aromatic N) is 2. The molecule has 0 aromatic carbocycles. The minimum absolute atomic E-state index is 0.0230. The Kier molecular flexibility index (Phi) is 6.34. The summed E-state index contributed by atoms with van der Waals surface area (Å²) in [6.07, 6.45) is 9.67. The number of rotatable bonds is 3. The fraction of sp³-hybridized carbons (Fsp3) is 0.800. The van der Waals surface area contributed by atoms with Crippen LogP contribution in [0.4, 0.5) is 0 Å². The van der Waals surface area contributed by atoms with Crippen LogP contribution in [0.1, 0.15) is 98.8 Å². The van der Waals surface area contributed by atoms with Gasteiger partial charge in [0.15, 0.2) is 0 Å². The summed E-state index contributed by atoms with van der Waals surface area (Å²) in [6.45, 7) is 10.7. The molecule has 170 valence electrons. The second-order valence-electron chi connectivity index (χ2n) is 11.8. The van der Waals surface area contributed by atoms with Gasteiger partial charge in [0.05, 0.1) is 0 Å². The molecule has 6 heteroatoms. The second kappa shape index (κ2) is 8.38. The fourth-order valence-electron chi connectivity index (χ4n) is 6.70. The van der Waals surface area contributed by atoms with Crippen molar-refractivity contribution >= 4 is 5.91 Å². The molecule has 1 amide bonds. The van der Waals surface area contributed by atoms with E-state index in [9.17, 15) is 15.3 Å². The molecular weight excluding hydrogens is 386 g/mol. The summed E-state index contributed by atoms with van der Waals surface area (Å²) in [4.78, 5) is 14.1. The molecule has 3 rings (SSSR count). The van der Waals surface area contributed by atoms with Gasteiger partial charge in [0.1, 0.15) is 29.1 Å². The van der Waals surface area contributed by atoms with Crippen LogP contribution in [0.5, 0.6) is 0 Å². The predicted molar refractivity (Wildman–Crippen MR) is 121 cm³/mol. The molecular formula is C25H39N5O. The van der Waals surface area contributed by atoms with Gasteiger partial charge >= 0.3 is 0 Å². The standard InChI is InChI=1S/C25H39N5O/c1-22(2,3)17-23(4,5)30-21(31)25-14-10-7-11-20(25)24(12-8-6-9-13-24)28-18(15-26)19(16-27)29-25/h20,28-29H,6-14,17H2,1-5H3,(H,30,31). The van der Waals surface area contributed by atoms with Crippen LogP contribution in [0.15, 0.2) is 11.4 Å². The number of amides is 1. The number of hydrogen-bond donors (Lipinski definition) is 3. The van der Waals surface area contributed by atoms with Crippen LogP contribution in [-0.4, -0.2) is 22.5 Å². The highest BCUT2D eigenvalue weighted by Crippen LogP contribution is 2.49. The first kappa shape index (κ1) is 23.5. The molecule has 3 N–H and O–H groups in total. The molecule has 1 heterocycles. The van der Waals surface area contributed by atoms with Crippen LogP contribution in [0, 0.1) is 34.0 Å². The van der Waals surface area contributed by atoms with Crippen LogP contribution >= 0.6 is 0 Å². The number of carbonyl (C=O) groups excluding carboxylic acids is 1. The second-order valence-corrected chi connectivity index (χ2v) is 11.8. The summed E-state index contributed by atoms with van der Waals surface area (Å²) in [7, 11) is 0. The molecule has 2 atom stereocenters. The maximum Gasteiger partial charge on any atom is 0.246 e. The van der Waals surface area contributed by atoms with Crippen molar-refractivity contribution < 1.29 is 4.79 Å². The van der Waals surface area contributed by atoms with E-state index in [1.165, 1.54) is 6.42 Å². The van der Waals surface area contributed by atoms with Crippen LogP contribution in [0.3, 0.4) is 0 Å². The third kappa shape index (κ3) is 4.69. The first-order chi connectivity index (χ1) is 14.5. The van der Waals surface area contributed by atoms with Crippen LogP contribution < -0.4 is 16.0 Å². The normalized spacial score (nSPS) is 28.3. The lowest BCUT2D eigenvalue weighted by Gasteiger charge is -2.53. The van der Waals surface area contributed by atoms with Gasteiger partial charge in [0, 0.05) is 17.0 Å². The monoisotopic (exact) mass is 425 g/mol. The molecule has 0 bridgehead atoms. The minimum Gasteiger partial charge on any atom is -0.368 e. The van der Waals surface area contributed by atoms with Crippen molar-refractivity contribution in [3.8, 4) is 12.1 Å². The van der Waals surface area contributed by atoms with Crippen molar-refractivity contribution in [3.05, 3.63) is 11.4 Å². The van der Waals surface area contributed by atoms with Gasteiger partial charge in [0.2, 0.25) is 5.91 Å². The van der Waals surface area contributed by atoms with Crippen molar-refractivity contribution in [3.63, 3.8) is 0 Å². The van der Waals surface area contributed by atoms with E-state index in [0.717, 1.165) is 51.4 Å². The predicted octanol–water partition coefficient (Wildman–Crippen LogP) is 4.40. The molecule has 0 aromatic heterocycles. The van der Waals surface area contributed by atoms with Gasteiger partial charge in [-0.15, -0.1) is 0 Å². The summed E-state index contributed by atoms with van der Waals surface area (Å²) >= 11 is 0. The number of hydrogen-bond acceptors (Lipinski definition) is 5. The molecule has 6 nitrogen and oxygen atoms in total. The highest BCUT2D eigenvalue weighted by atomic mass is 16.2. The molecule has 31 heavy (non-hydrogen) atoms. The van der Waals surface area contributed by atoms with Crippen molar-refractivity contribution in [2.24, 2.45) is 11.3 Å². The summed E-state index contributed by atoms with van der Waals surface area (Å²) in [5, 5.41) is 30.0. The molecule has 2 aliphatic carbocycles.